The highest BCUT2D eigenvalue weighted by atomic mass is 14.4. The van der Waals surface area contributed by atoms with E-state index < -0.39 is 0 Å². The lowest BCUT2D eigenvalue weighted by Crippen LogP contribution is -2.17. The zero-order valence-corrected chi connectivity index (χ0v) is 36.0. The quantitative estimate of drug-likeness (QED) is 0.149. The maximum atomic E-state index is 2.46. The molecule has 3 aliphatic rings. The first-order valence-corrected chi connectivity index (χ1v) is 21.2. The number of hydrogen-bond acceptors (Lipinski definition) is 0. The molecule has 0 unspecified atom stereocenters. The number of rotatable bonds is 6. The lowest BCUT2D eigenvalue weighted by Gasteiger charge is -2.25. The van der Waals surface area contributed by atoms with Crippen molar-refractivity contribution in [1.29, 1.82) is 0 Å². The maximum Gasteiger partial charge on any atom is 0.0159 e. The van der Waals surface area contributed by atoms with E-state index in [1.807, 2.05) is 0 Å². The fraction of sp³-hybridized carbons (Fsp3) is 0.298. The van der Waals surface area contributed by atoms with E-state index >= 15 is 0 Å². The Kier molecular flexibility index (Phi) is 8.46. The van der Waals surface area contributed by atoms with Crippen LogP contribution in [0.1, 0.15) is 143 Å². The van der Waals surface area contributed by atoms with Crippen molar-refractivity contribution in [3.05, 3.63) is 176 Å². The summed E-state index contributed by atoms with van der Waals surface area (Å²) in [5.74, 6) is 0.655. The highest BCUT2D eigenvalue weighted by Gasteiger charge is 2.38. The number of benzene rings is 6. The highest BCUT2D eigenvalue weighted by molar-refractivity contribution is 5.87. The van der Waals surface area contributed by atoms with Crippen LogP contribution >= 0.6 is 0 Å². The summed E-state index contributed by atoms with van der Waals surface area (Å²) >= 11 is 0. The molecular formula is C57H58. The molecule has 3 aliphatic carbocycles. The molecule has 0 heteroatoms. The number of hydrogen-bond donors (Lipinski definition) is 0. The average Bonchev–Trinajstić information content (AvgIpc) is 3.64. The van der Waals surface area contributed by atoms with Crippen LogP contribution in [-0.2, 0) is 28.1 Å². The lowest BCUT2D eigenvalue weighted by molar-refractivity contribution is 0.584. The molecule has 6 aromatic carbocycles. The normalized spacial score (nSPS) is 16.5. The third-order valence-corrected chi connectivity index (χ3v) is 13.6. The van der Waals surface area contributed by atoms with Crippen LogP contribution in [0.2, 0.25) is 0 Å². The van der Waals surface area contributed by atoms with E-state index in [1.54, 1.807) is 0 Å². The van der Waals surface area contributed by atoms with Crippen LogP contribution in [-0.4, -0.2) is 0 Å². The lowest BCUT2D eigenvalue weighted by atomic mass is 9.79. The molecule has 0 heterocycles. The van der Waals surface area contributed by atoms with E-state index in [-0.39, 0.29) is 21.7 Å². The van der Waals surface area contributed by atoms with Gasteiger partial charge in [-0.2, -0.15) is 0 Å². The predicted octanol–water partition coefficient (Wildman–Crippen LogP) is 15.4. The molecule has 0 amide bonds. The van der Waals surface area contributed by atoms with Gasteiger partial charge >= 0.3 is 0 Å². The van der Waals surface area contributed by atoms with E-state index in [2.05, 4.69) is 210 Å². The predicted molar refractivity (Wildman–Crippen MR) is 247 cm³/mol. The first kappa shape index (κ1) is 37.4. The molecule has 9 rings (SSSR count). The molecular weight excluding hydrogens is 685 g/mol. The van der Waals surface area contributed by atoms with Crippen molar-refractivity contribution in [1.82, 2.24) is 0 Å². The summed E-state index contributed by atoms with van der Waals surface area (Å²) in [6.07, 6.45) is 10.3. The zero-order valence-electron chi connectivity index (χ0n) is 36.0. The van der Waals surface area contributed by atoms with Gasteiger partial charge in [-0.1, -0.05) is 210 Å². The molecule has 57 heavy (non-hydrogen) atoms. The molecule has 6 aromatic rings. The molecule has 0 bridgehead atoms. The minimum atomic E-state index is -0.0918. The molecule has 0 aliphatic heterocycles. The Morgan fingerprint density at radius 3 is 1.04 bits per heavy atom. The van der Waals surface area contributed by atoms with Crippen molar-refractivity contribution < 1.29 is 0 Å². The summed E-state index contributed by atoms with van der Waals surface area (Å²) < 4.78 is 0. The summed E-state index contributed by atoms with van der Waals surface area (Å²) in [5, 5.41) is 0. The first-order chi connectivity index (χ1) is 26.9. The van der Waals surface area contributed by atoms with Crippen molar-refractivity contribution in [2.75, 3.05) is 0 Å². The van der Waals surface area contributed by atoms with Gasteiger partial charge in [-0.25, -0.2) is 0 Å². The van der Waals surface area contributed by atoms with Crippen LogP contribution in [0.25, 0.3) is 57.7 Å². The standard InChI is InChI=1S/C57H58/c1-35(2)28-40-20-26-46-44-24-18-38(31-50(44)56(8,9)52(46)33-40)13-12-36-16-22-42-43-23-17-37(30-49(43)55(6,7)48(42)29-36)14-15-39-19-25-45-47-27-21-41(54(3,4)5)34-53(47)57(10,11)51(45)32-39/h12-27,29-35H,28H2,1-11H3. The van der Waals surface area contributed by atoms with Crippen molar-refractivity contribution in [2.24, 2.45) is 5.92 Å². The monoisotopic (exact) mass is 742 g/mol. The second kappa shape index (κ2) is 12.9. The van der Waals surface area contributed by atoms with Crippen molar-refractivity contribution >= 4 is 24.3 Å². The van der Waals surface area contributed by atoms with E-state index in [9.17, 15) is 0 Å². The summed E-state index contributed by atoms with van der Waals surface area (Å²) in [6.45, 7) is 25.8. The largest absolute Gasteiger partial charge is 0.0625 e. The van der Waals surface area contributed by atoms with Gasteiger partial charge in [0.2, 0.25) is 0 Å². The van der Waals surface area contributed by atoms with Crippen LogP contribution in [0, 0.1) is 5.92 Å². The van der Waals surface area contributed by atoms with Gasteiger partial charge < -0.3 is 0 Å². The molecule has 0 saturated carbocycles. The van der Waals surface area contributed by atoms with Crippen LogP contribution < -0.4 is 0 Å². The van der Waals surface area contributed by atoms with Crippen molar-refractivity contribution in [3.8, 4) is 33.4 Å². The second-order valence-corrected chi connectivity index (χ2v) is 20.3. The fourth-order valence-electron chi connectivity index (χ4n) is 10.2. The molecule has 0 radical (unpaired) electrons. The van der Waals surface area contributed by atoms with E-state index in [0.29, 0.717) is 5.92 Å². The summed E-state index contributed by atoms with van der Waals surface area (Å²) in [5.41, 5.74) is 24.6. The average molecular weight is 743 g/mol. The van der Waals surface area contributed by atoms with Crippen LogP contribution in [0.4, 0.5) is 0 Å². The Morgan fingerprint density at radius 1 is 0.404 bits per heavy atom. The zero-order chi connectivity index (χ0) is 40.2. The SMILES string of the molecule is CC(C)Cc1ccc2c(c1)C(C)(C)c1cc(C=Cc3ccc4c(c3)C(C)(C)c3cc(C=Cc5ccc6c(c5)C(C)(C)c5cc(C(C)(C)C)ccc5-6)ccc3-4)ccc1-2. The Morgan fingerprint density at radius 2 is 0.702 bits per heavy atom. The topological polar surface area (TPSA) is 0 Å². The summed E-state index contributed by atoms with van der Waals surface area (Å²) in [7, 11) is 0. The van der Waals surface area contributed by atoms with Gasteiger partial charge in [0.25, 0.3) is 0 Å². The Hall–Kier alpha value is -5.20. The van der Waals surface area contributed by atoms with Crippen molar-refractivity contribution in [2.45, 2.75) is 104 Å². The maximum absolute atomic E-state index is 2.46. The molecule has 0 spiro atoms. The molecule has 0 aromatic heterocycles. The smallest absolute Gasteiger partial charge is 0.0159 e. The van der Waals surface area contributed by atoms with Crippen LogP contribution in [0.3, 0.4) is 0 Å². The first-order valence-electron chi connectivity index (χ1n) is 21.2. The number of fused-ring (bicyclic) bond motifs is 9. The van der Waals surface area contributed by atoms with E-state index in [4.69, 9.17) is 0 Å². The summed E-state index contributed by atoms with van der Waals surface area (Å²) in [4.78, 5) is 0. The van der Waals surface area contributed by atoms with Gasteiger partial charge in [-0.15, -0.1) is 0 Å². The Bertz CT molecular complexity index is 2670. The van der Waals surface area contributed by atoms with Crippen LogP contribution in [0.5, 0.6) is 0 Å². The highest BCUT2D eigenvalue weighted by Crippen LogP contribution is 2.52. The minimum absolute atomic E-state index is 0.0136. The van der Waals surface area contributed by atoms with Gasteiger partial charge in [0, 0.05) is 16.2 Å². The molecule has 0 fully saturated rings. The van der Waals surface area contributed by atoms with E-state index in [0.717, 1.165) is 6.42 Å². The van der Waals surface area contributed by atoms with E-state index in [1.165, 1.54) is 100 Å². The molecule has 0 saturated heterocycles. The van der Waals surface area contributed by atoms with Gasteiger partial charge in [-0.05, 0) is 118 Å². The molecule has 0 atom stereocenters. The van der Waals surface area contributed by atoms with Gasteiger partial charge in [-0.3, -0.25) is 0 Å². The summed E-state index contributed by atoms with van der Waals surface area (Å²) in [6, 6.07) is 42.4. The Balaban J connectivity index is 0.947. The molecule has 0 N–H and O–H groups in total. The second-order valence-electron chi connectivity index (χ2n) is 20.3. The van der Waals surface area contributed by atoms with Gasteiger partial charge in [0.15, 0.2) is 0 Å². The minimum Gasteiger partial charge on any atom is -0.0625 e. The third kappa shape index (κ3) is 6.10. The Labute approximate surface area is 342 Å². The third-order valence-electron chi connectivity index (χ3n) is 13.6. The molecule has 286 valence electrons. The van der Waals surface area contributed by atoms with Crippen LogP contribution in [0.15, 0.2) is 109 Å². The van der Waals surface area contributed by atoms with Crippen molar-refractivity contribution in [3.63, 3.8) is 0 Å². The fourth-order valence-corrected chi connectivity index (χ4v) is 10.2. The van der Waals surface area contributed by atoms with Gasteiger partial charge in [0.05, 0.1) is 0 Å². The molecule has 0 nitrogen and oxygen atoms in total. The van der Waals surface area contributed by atoms with Gasteiger partial charge in [0.1, 0.15) is 0 Å².